The van der Waals surface area contributed by atoms with Crippen LogP contribution in [0.25, 0.3) is 111 Å². The molecule has 0 amide bonds. The largest absolute Gasteiger partial charge is 0.294 e. The number of benzene rings is 8. The molecule has 56 heavy (non-hydrogen) atoms. The molecule has 0 radical (unpaired) electrons. The van der Waals surface area contributed by atoms with Crippen molar-refractivity contribution in [1.29, 1.82) is 0 Å². The van der Waals surface area contributed by atoms with Crippen LogP contribution < -0.4 is 0 Å². The van der Waals surface area contributed by atoms with Crippen molar-refractivity contribution in [2.45, 2.75) is 0 Å². The van der Waals surface area contributed by atoms with Crippen molar-refractivity contribution in [2.24, 2.45) is 0 Å². The summed E-state index contributed by atoms with van der Waals surface area (Å²) in [5.41, 5.74) is 21.7. The van der Waals surface area contributed by atoms with Crippen molar-refractivity contribution >= 4 is 55.2 Å². The lowest BCUT2D eigenvalue weighted by atomic mass is 9.80. The molecule has 0 atom stereocenters. The fourth-order valence-corrected chi connectivity index (χ4v) is 9.75. The zero-order valence-corrected chi connectivity index (χ0v) is 30.3. The minimum atomic E-state index is 1.14. The van der Waals surface area contributed by atoms with Gasteiger partial charge in [0, 0.05) is 22.1 Å². The van der Waals surface area contributed by atoms with E-state index in [1.807, 2.05) is 0 Å². The van der Waals surface area contributed by atoms with Gasteiger partial charge in [-0.2, -0.15) is 0 Å². The third kappa shape index (κ3) is 3.92. The normalized spacial score (nSPS) is 12.3. The Morgan fingerprint density at radius 3 is 0.982 bits per heavy atom. The van der Waals surface area contributed by atoms with E-state index in [1.165, 1.54) is 88.4 Å². The summed E-state index contributed by atoms with van der Waals surface area (Å²) >= 11 is 0. The molecule has 0 saturated carbocycles. The number of fused-ring (bicyclic) bond motifs is 18. The van der Waals surface area contributed by atoms with Crippen molar-refractivity contribution in [3.8, 4) is 55.9 Å². The number of rotatable bonds is 2. The Labute approximate surface area is 322 Å². The molecule has 4 heteroatoms. The highest BCUT2D eigenvalue weighted by atomic mass is 15.1. The molecule has 4 aromatic heterocycles. The van der Waals surface area contributed by atoms with Gasteiger partial charge >= 0.3 is 0 Å². The van der Waals surface area contributed by atoms with Gasteiger partial charge in [0.1, 0.15) is 11.3 Å². The standard InChI is InChI=1S/C52H32N4/c1-7-19-45-33(13-1)29-51-53(47-21-9-11-23-49(47)55(45)51)35-25-27-41-38-16-4-6-18-40(38)44-32-36(26-28-42(44)37-15-3-5-17-39(37)43(41)31-35)54-48-22-10-12-24-50(48)56-46-20-8-2-14-34(46)30-52(54)56/h1-32H. The Bertz CT molecular complexity index is 3360. The second kappa shape index (κ2) is 11.0. The lowest BCUT2D eigenvalue weighted by molar-refractivity contribution is 1.15. The average molecular weight is 713 g/mol. The lowest BCUT2D eigenvalue weighted by Gasteiger charge is -2.24. The first-order valence-corrected chi connectivity index (χ1v) is 19.3. The summed E-state index contributed by atoms with van der Waals surface area (Å²) in [7, 11) is 0. The Kier molecular flexibility index (Phi) is 5.86. The second-order valence-corrected chi connectivity index (χ2v) is 15.0. The van der Waals surface area contributed by atoms with Crippen LogP contribution in [0.2, 0.25) is 0 Å². The fraction of sp³-hybridized carbons (Fsp3) is 0. The summed E-state index contributed by atoms with van der Waals surface area (Å²) in [4.78, 5) is 0. The molecule has 4 heterocycles. The van der Waals surface area contributed by atoms with Gasteiger partial charge in [0.2, 0.25) is 0 Å². The smallest absolute Gasteiger partial charge is 0.123 e. The van der Waals surface area contributed by atoms with Crippen LogP contribution in [0.5, 0.6) is 0 Å². The van der Waals surface area contributed by atoms with Crippen molar-refractivity contribution in [3.05, 3.63) is 194 Å². The van der Waals surface area contributed by atoms with Crippen LogP contribution in [0.15, 0.2) is 194 Å². The maximum absolute atomic E-state index is 2.43. The zero-order chi connectivity index (χ0) is 36.5. The van der Waals surface area contributed by atoms with Crippen LogP contribution in [0.3, 0.4) is 0 Å². The van der Waals surface area contributed by atoms with E-state index in [2.05, 4.69) is 212 Å². The summed E-state index contributed by atoms with van der Waals surface area (Å²) in [5, 5.41) is 2.48. The van der Waals surface area contributed by atoms with E-state index < -0.39 is 0 Å². The molecule has 0 unspecified atom stereocenters. The number of hydrogen-bond donors (Lipinski definition) is 0. The van der Waals surface area contributed by atoms with E-state index in [1.54, 1.807) is 0 Å². The van der Waals surface area contributed by atoms with Crippen LogP contribution in [-0.2, 0) is 0 Å². The van der Waals surface area contributed by atoms with Crippen molar-refractivity contribution in [3.63, 3.8) is 0 Å². The molecule has 0 fully saturated rings. The number of hydrogen-bond acceptors (Lipinski definition) is 0. The third-order valence-electron chi connectivity index (χ3n) is 12.1. The van der Waals surface area contributed by atoms with E-state index in [-0.39, 0.29) is 0 Å². The summed E-state index contributed by atoms with van der Waals surface area (Å²) in [6.07, 6.45) is 0. The van der Waals surface area contributed by atoms with E-state index in [9.17, 15) is 0 Å². The van der Waals surface area contributed by atoms with Gasteiger partial charge in [0.05, 0.1) is 33.1 Å². The Morgan fingerprint density at radius 2 is 0.554 bits per heavy atom. The highest BCUT2D eigenvalue weighted by Crippen LogP contribution is 2.49. The van der Waals surface area contributed by atoms with Gasteiger partial charge in [0.15, 0.2) is 0 Å². The highest BCUT2D eigenvalue weighted by molar-refractivity contribution is 6.05. The molecular formula is C52H32N4. The van der Waals surface area contributed by atoms with Crippen molar-refractivity contribution in [1.82, 2.24) is 17.9 Å². The topological polar surface area (TPSA) is 18.7 Å². The molecule has 0 spiro atoms. The predicted octanol–water partition coefficient (Wildman–Crippen LogP) is 13.4. The van der Waals surface area contributed by atoms with Crippen molar-refractivity contribution in [2.75, 3.05) is 0 Å². The average Bonchev–Trinajstić information content (AvgIpc) is 3.99. The van der Waals surface area contributed by atoms with Crippen LogP contribution in [0.1, 0.15) is 0 Å². The molecule has 0 saturated heterocycles. The summed E-state index contributed by atoms with van der Waals surface area (Å²) in [6.45, 7) is 0. The van der Waals surface area contributed by atoms with Gasteiger partial charge in [-0.25, -0.2) is 0 Å². The first kappa shape index (κ1) is 29.8. The summed E-state index contributed by atoms with van der Waals surface area (Å²) in [6, 6.07) is 71.5. The van der Waals surface area contributed by atoms with Gasteiger partial charge in [0.25, 0.3) is 0 Å². The van der Waals surface area contributed by atoms with Gasteiger partial charge in [-0.1, -0.05) is 121 Å². The number of imidazole rings is 2. The third-order valence-corrected chi connectivity index (χ3v) is 12.1. The molecule has 13 rings (SSSR count). The SMILES string of the molecule is c1ccc2c(c1)-c1ccc(-n3c4ccccc4n4c5ccccc5cc34)cc1-c1ccccc1-c1ccc(-n3c4ccccc4n4c5ccccc5cc34)cc1-2. The van der Waals surface area contributed by atoms with E-state index in [0.29, 0.717) is 0 Å². The van der Waals surface area contributed by atoms with Crippen LogP contribution >= 0.6 is 0 Å². The molecule has 0 N–H and O–H groups in total. The van der Waals surface area contributed by atoms with Crippen LogP contribution in [-0.4, -0.2) is 17.9 Å². The molecule has 260 valence electrons. The Morgan fingerprint density at radius 1 is 0.232 bits per heavy atom. The molecule has 0 aliphatic heterocycles. The molecule has 0 bridgehead atoms. The molecule has 1 aliphatic carbocycles. The molecular weight excluding hydrogens is 681 g/mol. The second-order valence-electron chi connectivity index (χ2n) is 15.0. The maximum atomic E-state index is 2.43. The first-order chi connectivity index (χ1) is 27.8. The van der Waals surface area contributed by atoms with E-state index in [0.717, 1.165) is 22.7 Å². The maximum Gasteiger partial charge on any atom is 0.123 e. The number of para-hydroxylation sites is 6. The number of nitrogens with zero attached hydrogens (tertiary/aromatic N) is 4. The fourth-order valence-electron chi connectivity index (χ4n) is 9.75. The van der Waals surface area contributed by atoms with Crippen molar-refractivity contribution < 1.29 is 0 Å². The Hall–Kier alpha value is -7.56. The van der Waals surface area contributed by atoms with Gasteiger partial charge < -0.3 is 0 Å². The highest BCUT2D eigenvalue weighted by Gasteiger charge is 2.25. The lowest BCUT2D eigenvalue weighted by Crippen LogP contribution is -2.01. The molecule has 4 nitrogen and oxygen atoms in total. The van der Waals surface area contributed by atoms with Gasteiger partial charge in [-0.3, -0.25) is 17.9 Å². The number of aromatic nitrogens is 4. The van der Waals surface area contributed by atoms with Crippen LogP contribution in [0, 0.1) is 0 Å². The van der Waals surface area contributed by atoms with Crippen LogP contribution in [0.4, 0.5) is 0 Å². The summed E-state index contributed by atoms with van der Waals surface area (Å²) in [5.74, 6) is 0. The molecule has 1 aliphatic rings. The minimum absolute atomic E-state index is 1.14. The molecule has 12 aromatic rings. The molecule has 8 aromatic carbocycles. The minimum Gasteiger partial charge on any atom is -0.294 e. The van der Waals surface area contributed by atoms with Gasteiger partial charge in [-0.05, 0) is 117 Å². The van der Waals surface area contributed by atoms with E-state index in [4.69, 9.17) is 0 Å². The quantitative estimate of drug-likeness (QED) is 0.170. The van der Waals surface area contributed by atoms with Gasteiger partial charge in [-0.15, -0.1) is 0 Å². The summed E-state index contributed by atoms with van der Waals surface area (Å²) < 4.78 is 9.65. The monoisotopic (exact) mass is 712 g/mol. The first-order valence-electron chi connectivity index (χ1n) is 19.3. The predicted molar refractivity (Wildman–Crippen MR) is 232 cm³/mol. The van der Waals surface area contributed by atoms with E-state index >= 15 is 0 Å². The Balaban J connectivity index is 1.07. The zero-order valence-electron chi connectivity index (χ0n) is 30.3.